The van der Waals surface area contributed by atoms with Crippen molar-refractivity contribution in [1.29, 1.82) is 0 Å². The molecule has 0 unspecified atom stereocenters. The normalized spacial score (nSPS) is 11.5. The Hall–Kier alpha value is -1.48. The van der Waals surface area contributed by atoms with E-state index in [4.69, 9.17) is 4.74 Å². The number of ether oxygens (including phenoxy) is 1. The Bertz CT molecular complexity index is 835. The van der Waals surface area contributed by atoms with Crippen LogP contribution in [0.4, 0.5) is 0 Å². The molecule has 0 atom stereocenters. The number of methoxy groups -OCH3 is 1. The van der Waals surface area contributed by atoms with Gasteiger partial charge in [0.15, 0.2) is 0 Å². The summed E-state index contributed by atoms with van der Waals surface area (Å²) in [7, 11) is 1.73. The number of hydrogen-bond donors (Lipinski definition) is 0. The molecule has 0 aliphatic heterocycles. The molecule has 0 aliphatic carbocycles. The molecular weight excluding hydrogens is 350 g/mol. The third-order valence-corrected chi connectivity index (χ3v) is 5.20. The average molecular weight is 374 g/mol. The van der Waals surface area contributed by atoms with Crippen LogP contribution in [0.5, 0.6) is 5.75 Å². The van der Waals surface area contributed by atoms with Crippen LogP contribution in [-0.4, -0.2) is 17.0 Å². The highest BCUT2D eigenvalue weighted by Gasteiger charge is 2.14. The van der Waals surface area contributed by atoms with E-state index >= 15 is 0 Å². The van der Waals surface area contributed by atoms with Gasteiger partial charge in [-0.2, -0.15) is 0 Å². The molecule has 0 N–H and O–H groups in total. The first-order chi connectivity index (χ1) is 11.2. The molecule has 2 nitrogen and oxygen atoms in total. The van der Waals surface area contributed by atoms with Gasteiger partial charge in [-0.25, -0.2) is 0 Å². The summed E-state index contributed by atoms with van der Waals surface area (Å²) in [5.41, 5.74) is 5.38. The molecule has 0 amide bonds. The predicted octanol–water partition coefficient (Wildman–Crippen LogP) is 5.99. The van der Waals surface area contributed by atoms with Crippen LogP contribution in [0.25, 0.3) is 21.8 Å². The molecule has 1 heterocycles. The minimum Gasteiger partial charge on any atom is -0.497 e. The van der Waals surface area contributed by atoms with Crippen LogP contribution in [-0.2, 0) is 6.54 Å². The third kappa shape index (κ3) is 2.99. The minimum atomic E-state index is 0.928. The van der Waals surface area contributed by atoms with Gasteiger partial charge in [-0.3, -0.25) is 0 Å². The van der Waals surface area contributed by atoms with Crippen molar-refractivity contribution < 1.29 is 4.74 Å². The van der Waals surface area contributed by atoms with Gasteiger partial charge in [0.05, 0.1) is 12.6 Å². The molecule has 122 valence electrons. The lowest BCUT2D eigenvalue weighted by Crippen LogP contribution is -1.99. The molecule has 0 fully saturated rings. The molecule has 0 spiro atoms. The first-order valence-electron chi connectivity index (χ1n) is 8.29. The van der Waals surface area contributed by atoms with E-state index in [-0.39, 0.29) is 0 Å². The SMILES string of the molecule is COc1ccc2c(c1)c1c(C)ccc(C)c1n2CCCCCBr. The summed E-state index contributed by atoms with van der Waals surface area (Å²) in [4.78, 5) is 0. The number of aromatic nitrogens is 1. The van der Waals surface area contributed by atoms with Crippen molar-refractivity contribution in [3.63, 3.8) is 0 Å². The molecule has 3 heteroatoms. The third-order valence-electron chi connectivity index (χ3n) is 4.64. The number of alkyl halides is 1. The second-order valence-electron chi connectivity index (χ2n) is 6.21. The molecule has 2 aromatic carbocycles. The molecule has 3 rings (SSSR count). The van der Waals surface area contributed by atoms with Crippen molar-refractivity contribution >= 4 is 37.7 Å². The van der Waals surface area contributed by atoms with Crippen LogP contribution in [0.3, 0.4) is 0 Å². The van der Waals surface area contributed by atoms with Gasteiger partial charge in [0, 0.05) is 28.2 Å². The van der Waals surface area contributed by atoms with E-state index < -0.39 is 0 Å². The number of nitrogens with zero attached hydrogens (tertiary/aromatic N) is 1. The van der Waals surface area contributed by atoms with Gasteiger partial charge in [-0.05, 0) is 56.0 Å². The first-order valence-corrected chi connectivity index (χ1v) is 9.41. The lowest BCUT2D eigenvalue weighted by molar-refractivity contribution is 0.415. The Morgan fingerprint density at radius 3 is 2.52 bits per heavy atom. The van der Waals surface area contributed by atoms with Gasteiger partial charge in [0.1, 0.15) is 5.75 Å². The van der Waals surface area contributed by atoms with E-state index in [1.165, 1.54) is 52.2 Å². The molecular formula is C20H24BrNO. The standard InChI is InChI=1S/C20H24BrNO/c1-14-7-8-15(2)20-19(14)17-13-16(23-3)9-10-18(17)22(20)12-6-4-5-11-21/h7-10,13H,4-6,11-12H2,1-3H3. The summed E-state index contributed by atoms with van der Waals surface area (Å²) in [5.74, 6) is 0.928. The number of benzene rings is 2. The highest BCUT2D eigenvalue weighted by Crippen LogP contribution is 2.35. The predicted molar refractivity (Wildman–Crippen MR) is 103 cm³/mol. The first kappa shape index (κ1) is 16.4. The molecule has 0 radical (unpaired) electrons. The van der Waals surface area contributed by atoms with Crippen LogP contribution in [0.2, 0.25) is 0 Å². The van der Waals surface area contributed by atoms with Crippen molar-refractivity contribution in [3.05, 3.63) is 41.5 Å². The lowest BCUT2D eigenvalue weighted by Gasteiger charge is -2.09. The largest absolute Gasteiger partial charge is 0.497 e. The number of halogens is 1. The van der Waals surface area contributed by atoms with E-state index in [2.05, 4.69) is 64.7 Å². The zero-order valence-electron chi connectivity index (χ0n) is 14.2. The van der Waals surface area contributed by atoms with Crippen LogP contribution in [0, 0.1) is 13.8 Å². The van der Waals surface area contributed by atoms with E-state index in [9.17, 15) is 0 Å². The van der Waals surface area contributed by atoms with Crippen molar-refractivity contribution in [1.82, 2.24) is 4.57 Å². The summed E-state index contributed by atoms with van der Waals surface area (Å²) in [6, 6.07) is 10.9. The van der Waals surface area contributed by atoms with E-state index in [0.29, 0.717) is 0 Å². The number of unbranched alkanes of at least 4 members (excludes halogenated alkanes) is 2. The van der Waals surface area contributed by atoms with Crippen LogP contribution in [0.1, 0.15) is 30.4 Å². The number of aryl methyl sites for hydroxylation is 3. The van der Waals surface area contributed by atoms with E-state index in [0.717, 1.165) is 17.6 Å². The Morgan fingerprint density at radius 2 is 1.78 bits per heavy atom. The molecule has 1 aromatic heterocycles. The topological polar surface area (TPSA) is 14.2 Å². The highest BCUT2D eigenvalue weighted by atomic mass is 79.9. The fourth-order valence-corrected chi connectivity index (χ4v) is 3.85. The second kappa shape index (κ2) is 6.96. The molecule has 3 aromatic rings. The Balaban J connectivity index is 2.20. The fourth-order valence-electron chi connectivity index (χ4n) is 3.46. The maximum absolute atomic E-state index is 5.45. The molecule has 0 saturated heterocycles. The number of hydrogen-bond acceptors (Lipinski definition) is 1. The molecule has 0 bridgehead atoms. The van der Waals surface area contributed by atoms with Crippen molar-refractivity contribution in [2.75, 3.05) is 12.4 Å². The number of rotatable bonds is 6. The van der Waals surface area contributed by atoms with Crippen molar-refractivity contribution in [2.24, 2.45) is 0 Å². The molecule has 0 aliphatic rings. The average Bonchev–Trinajstić information content (AvgIpc) is 2.90. The summed E-state index contributed by atoms with van der Waals surface area (Å²) >= 11 is 3.52. The van der Waals surface area contributed by atoms with Gasteiger partial charge in [0.25, 0.3) is 0 Å². The zero-order valence-corrected chi connectivity index (χ0v) is 15.7. The van der Waals surface area contributed by atoms with E-state index in [1.54, 1.807) is 7.11 Å². The van der Waals surface area contributed by atoms with E-state index in [1.807, 2.05) is 0 Å². The maximum atomic E-state index is 5.45. The van der Waals surface area contributed by atoms with Crippen LogP contribution in [0.15, 0.2) is 30.3 Å². The Morgan fingerprint density at radius 1 is 1.00 bits per heavy atom. The zero-order chi connectivity index (χ0) is 16.4. The van der Waals surface area contributed by atoms with Crippen molar-refractivity contribution in [3.8, 4) is 5.75 Å². The molecule has 23 heavy (non-hydrogen) atoms. The number of fused-ring (bicyclic) bond motifs is 3. The summed E-state index contributed by atoms with van der Waals surface area (Å²) < 4.78 is 7.95. The quantitative estimate of drug-likeness (QED) is 0.382. The van der Waals surface area contributed by atoms with Crippen molar-refractivity contribution in [2.45, 2.75) is 39.7 Å². The fraction of sp³-hybridized carbons (Fsp3) is 0.400. The van der Waals surface area contributed by atoms with Crippen LogP contribution >= 0.6 is 15.9 Å². The Labute approximate surface area is 146 Å². The van der Waals surface area contributed by atoms with Gasteiger partial charge in [0.2, 0.25) is 0 Å². The second-order valence-corrected chi connectivity index (χ2v) is 7.00. The lowest BCUT2D eigenvalue weighted by atomic mass is 10.0. The summed E-state index contributed by atoms with van der Waals surface area (Å²) in [6.07, 6.45) is 3.71. The van der Waals surface area contributed by atoms with Gasteiger partial charge in [-0.15, -0.1) is 0 Å². The monoisotopic (exact) mass is 373 g/mol. The Kier molecular flexibility index (Phi) is 4.96. The maximum Gasteiger partial charge on any atom is 0.119 e. The van der Waals surface area contributed by atoms with Gasteiger partial charge < -0.3 is 9.30 Å². The summed E-state index contributed by atoms with van der Waals surface area (Å²) in [5, 5.41) is 3.77. The summed E-state index contributed by atoms with van der Waals surface area (Å²) in [6.45, 7) is 5.49. The smallest absolute Gasteiger partial charge is 0.119 e. The van der Waals surface area contributed by atoms with Crippen LogP contribution < -0.4 is 4.74 Å². The highest BCUT2D eigenvalue weighted by molar-refractivity contribution is 9.09. The molecule has 0 saturated carbocycles. The van der Waals surface area contributed by atoms with Gasteiger partial charge in [-0.1, -0.05) is 34.5 Å². The van der Waals surface area contributed by atoms with Gasteiger partial charge >= 0.3 is 0 Å². The minimum absolute atomic E-state index is 0.928.